The molecule has 0 spiro atoms. The zero-order valence-electron chi connectivity index (χ0n) is 16.2. The van der Waals surface area contributed by atoms with E-state index in [0.717, 1.165) is 28.2 Å². The highest BCUT2D eigenvalue weighted by molar-refractivity contribution is 7.92. The minimum absolute atomic E-state index is 0.221. The maximum absolute atomic E-state index is 12.9. The van der Waals surface area contributed by atoms with Crippen molar-refractivity contribution in [3.05, 3.63) is 58.6 Å². The largest absolute Gasteiger partial charge is 0.378 e. The molecule has 28 heavy (non-hydrogen) atoms. The van der Waals surface area contributed by atoms with Crippen molar-refractivity contribution in [1.82, 2.24) is 4.90 Å². The van der Waals surface area contributed by atoms with Crippen molar-refractivity contribution in [2.45, 2.75) is 13.0 Å². The van der Waals surface area contributed by atoms with Gasteiger partial charge in [0.25, 0.3) is 0 Å². The van der Waals surface area contributed by atoms with Gasteiger partial charge in [-0.2, -0.15) is 0 Å². The molecule has 0 fully saturated rings. The Morgan fingerprint density at radius 3 is 2.32 bits per heavy atom. The van der Waals surface area contributed by atoms with Crippen LogP contribution in [0.4, 0.5) is 11.4 Å². The Bertz CT molecular complexity index is 975. The first-order valence-corrected chi connectivity index (χ1v) is 11.2. The summed E-state index contributed by atoms with van der Waals surface area (Å²) in [5, 5.41) is 0.507. The van der Waals surface area contributed by atoms with E-state index in [9.17, 15) is 13.2 Å². The Balaban J connectivity index is 1.79. The highest BCUT2D eigenvalue weighted by Gasteiger charge is 2.26. The van der Waals surface area contributed by atoms with Gasteiger partial charge in [-0.15, -0.1) is 0 Å². The van der Waals surface area contributed by atoms with Crippen molar-refractivity contribution < 1.29 is 13.2 Å². The molecule has 0 radical (unpaired) electrons. The maximum Gasteiger partial charge on any atom is 0.243 e. The number of rotatable bonds is 5. The highest BCUT2D eigenvalue weighted by Crippen LogP contribution is 2.25. The SMILES string of the molecule is CN(C)c1ccc2c(c1)CN(C(=O)CN(c1ccc(Cl)cc1)S(C)(=O)=O)CC2. The van der Waals surface area contributed by atoms with E-state index in [0.29, 0.717) is 23.8 Å². The van der Waals surface area contributed by atoms with E-state index in [1.165, 1.54) is 5.56 Å². The molecule has 0 saturated carbocycles. The normalized spacial score (nSPS) is 13.8. The summed E-state index contributed by atoms with van der Waals surface area (Å²) in [7, 11) is 0.345. The Morgan fingerprint density at radius 1 is 1.07 bits per heavy atom. The van der Waals surface area contributed by atoms with Gasteiger partial charge in [0.05, 0.1) is 11.9 Å². The summed E-state index contributed by atoms with van der Waals surface area (Å²) in [6.07, 6.45) is 1.86. The molecule has 0 bridgehead atoms. The summed E-state index contributed by atoms with van der Waals surface area (Å²) in [6, 6.07) is 12.7. The van der Waals surface area contributed by atoms with E-state index >= 15 is 0 Å². The average Bonchev–Trinajstić information content (AvgIpc) is 2.65. The van der Waals surface area contributed by atoms with E-state index in [4.69, 9.17) is 11.6 Å². The molecule has 1 aliphatic heterocycles. The molecular weight excluding hydrogens is 398 g/mol. The molecule has 0 aliphatic carbocycles. The minimum Gasteiger partial charge on any atom is -0.378 e. The molecular formula is C20H24ClN3O3S. The minimum atomic E-state index is -3.61. The van der Waals surface area contributed by atoms with Crippen LogP contribution >= 0.6 is 11.6 Å². The van der Waals surface area contributed by atoms with Crippen molar-refractivity contribution in [1.29, 1.82) is 0 Å². The van der Waals surface area contributed by atoms with Crippen LogP contribution in [0.15, 0.2) is 42.5 Å². The fraction of sp³-hybridized carbons (Fsp3) is 0.350. The van der Waals surface area contributed by atoms with Crippen molar-refractivity contribution in [3.63, 3.8) is 0 Å². The number of sulfonamides is 1. The summed E-state index contributed by atoms with van der Waals surface area (Å²) in [4.78, 5) is 16.6. The summed E-state index contributed by atoms with van der Waals surface area (Å²) < 4.78 is 25.7. The molecule has 8 heteroatoms. The van der Waals surface area contributed by atoms with Crippen LogP contribution in [0, 0.1) is 0 Å². The van der Waals surface area contributed by atoms with Gasteiger partial charge in [-0.1, -0.05) is 17.7 Å². The molecule has 0 saturated heterocycles. The number of nitrogens with zero attached hydrogens (tertiary/aromatic N) is 3. The van der Waals surface area contributed by atoms with Gasteiger partial charge in [0, 0.05) is 37.9 Å². The van der Waals surface area contributed by atoms with Crippen molar-refractivity contribution in [2.24, 2.45) is 0 Å². The third kappa shape index (κ3) is 4.59. The monoisotopic (exact) mass is 421 g/mol. The molecule has 2 aromatic carbocycles. The second-order valence-corrected chi connectivity index (χ2v) is 9.50. The smallest absolute Gasteiger partial charge is 0.243 e. The number of carbonyl (C=O) groups excluding carboxylic acids is 1. The van der Waals surface area contributed by atoms with Gasteiger partial charge >= 0.3 is 0 Å². The first-order chi connectivity index (χ1) is 13.1. The lowest BCUT2D eigenvalue weighted by atomic mass is 9.99. The molecule has 3 rings (SSSR count). The van der Waals surface area contributed by atoms with Gasteiger partial charge < -0.3 is 9.80 Å². The zero-order valence-corrected chi connectivity index (χ0v) is 17.8. The molecule has 150 valence electrons. The molecule has 1 amide bonds. The van der Waals surface area contributed by atoms with Crippen molar-refractivity contribution in [3.8, 4) is 0 Å². The molecule has 2 aromatic rings. The van der Waals surface area contributed by atoms with Gasteiger partial charge in [-0.3, -0.25) is 9.10 Å². The van der Waals surface area contributed by atoms with Gasteiger partial charge in [0.1, 0.15) is 6.54 Å². The number of hydrogen-bond donors (Lipinski definition) is 0. The van der Waals surface area contributed by atoms with Crippen molar-refractivity contribution >= 4 is 38.9 Å². The van der Waals surface area contributed by atoms with Gasteiger partial charge in [-0.25, -0.2) is 8.42 Å². The van der Waals surface area contributed by atoms with Crippen LogP contribution in [0.3, 0.4) is 0 Å². The van der Waals surface area contributed by atoms with Crippen LogP contribution in [-0.4, -0.2) is 52.7 Å². The first kappa shape index (κ1) is 20.5. The second-order valence-electron chi connectivity index (χ2n) is 7.16. The number of halogens is 1. The fourth-order valence-electron chi connectivity index (χ4n) is 3.26. The molecule has 1 aliphatic rings. The van der Waals surface area contributed by atoms with Crippen LogP contribution in [-0.2, 0) is 27.8 Å². The van der Waals surface area contributed by atoms with Crippen LogP contribution in [0.2, 0.25) is 5.02 Å². The lowest BCUT2D eigenvalue weighted by Crippen LogP contribution is -2.44. The summed E-state index contributed by atoms with van der Waals surface area (Å²) in [5.74, 6) is -0.221. The number of carbonyl (C=O) groups is 1. The zero-order chi connectivity index (χ0) is 20.5. The number of hydrogen-bond acceptors (Lipinski definition) is 4. The second kappa shape index (κ2) is 8.01. The molecule has 0 N–H and O–H groups in total. The summed E-state index contributed by atoms with van der Waals surface area (Å²) in [5.41, 5.74) is 3.83. The summed E-state index contributed by atoms with van der Waals surface area (Å²) >= 11 is 5.89. The third-order valence-electron chi connectivity index (χ3n) is 4.87. The summed E-state index contributed by atoms with van der Waals surface area (Å²) in [6.45, 7) is 0.822. The molecule has 6 nitrogen and oxygen atoms in total. The van der Waals surface area contributed by atoms with E-state index in [1.54, 1.807) is 29.2 Å². The van der Waals surface area contributed by atoms with E-state index in [1.807, 2.05) is 19.0 Å². The Kier molecular flexibility index (Phi) is 5.86. The standard InChI is InChI=1S/C20H24ClN3O3S/c1-22(2)19-7-4-15-10-11-23(13-16(15)12-19)20(25)14-24(28(3,26)27)18-8-5-17(21)6-9-18/h4-9,12H,10-11,13-14H2,1-3H3. The quantitative estimate of drug-likeness (QED) is 0.744. The number of amides is 1. The van der Waals surface area contributed by atoms with E-state index < -0.39 is 10.0 Å². The topological polar surface area (TPSA) is 60.9 Å². The molecule has 0 aromatic heterocycles. The predicted octanol–water partition coefficient (Wildman–Crippen LogP) is 2.76. The van der Waals surface area contributed by atoms with Gasteiger partial charge in [0.2, 0.25) is 15.9 Å². The molecule has 1 heterocycles. The predicted molar refractivity (Wildman–Crippen MR) is 114 cm³/mol. The number of fused-ring (bicyclic) bond motifs is 1. The number of anilines is 2. The highest BCUT2D eigenvalue weighted by atomic mass is 35.5. The van der Waals surface area contributed by atoms with E-state index in [2.05, 4.69) is 18.2 Å². The van der Waals surface area contributed by atoms with Gasteiger partial charge in [-0.05, 0) is 53.9 Å². The van der Waals surface area contributed by atoms with Crippen molar-refractivity contribution in [2.75, 3.05) is 42.6 Å². The van der Waals surface area contributed by atoms with Crippen LogP contribution in [0.5, 0.6) is 0 Å². The van der Waals surface area contributed by atoms with Crippen LogP contribution in [0.25, 0.3) is 0 Å². The Hall–Kier alpha value is -2.25. The van der Waals surface area contributed by atoms with Gasteiger partial charge in [0.15, 0.2) is 0 Å². The average molecular weight is 422 g/mol. The Labute approximate surface area is 171 Å². The van der Waals surface area contributed by atoms with Crippen LogP contribution in [0.1, 0.15) is 11.1 Å². The number of benzene rings is 2. The lowest BCUT2D eigenvalue weighted by molar-refractivity contribution is -0.130. The fourth-order valence-corrected chi connectivity index (χ4v) is 4.24. The molecule has 0 atom stereocenters. The third-order valence-corrected chi connectivity index (χ3v) is 6.26. The van der Waals surface area contributed by atoms with E-state index in [-0.39, 0.29) is 12.5 Å². The first-order valence-electron chi connectivity index (χ1n) is 8.95. The maximum atomic E-state index is 12.9. The molecule has 0 unspecified atom stereocenters. The van der Waals surface area contributed by atoms with Crippen LogP contribution < -0.4 is 9.21 Å². The lowest BCUT2D eigenvalue weighted by Gasteiger charge is -2.32. The Morgan fingerprint density at radius 2 is 1.71 bits per heavy atom.